The molecule has 1 fully saturated rings. The van der Waals surface area contributed by atoms with Crippen LogP contribution in [0.15, 0.2) is 29.1 Å². The van der Waals surface area contributed by atoms with Crippen molar-refractivity contribution in [1.29, 1.82) is 0 Å². The highest BCUT2D eigenvalue weighted by Crippen LogP contribution is 2.22. The van der Waals surface area contributed by atoms with Gasteiger partial charge in [-0.15, -0.1) is 0 Å². The standard InChI is InChI=1S/C37H58N6O8/c1-2-3-4-5-6-7-8-9-10-11-12-29-23-33(44)39-32-24-30(13-14-31(29)32)38-34(45)25-40-15-17-41(26-35(46)47)19-21-43(28-37(50)51)22-20-42(18-16-40)27-36(48)49/h13-14,23-24H,2-12,15-22,25-28H2,1H3,(H,38,45)(H,39,44)(H,46,47)(H,48,49)(H,50,51). The zero-order chi connectivity index (χ0) is 37.0. The predicted molar refractivity (Wildman–Crippen MR) is 197 cm³/mol. The Bertz CT molecular complexity index is 1430. The van der Waals surface area contributed by atoms with Gasteiger partial charge >= 0.3 is 17.9 Å². The molecular formula is C37H58N6O8. The number of nitrogens with one attached hydrogen (secondary N) is 2. The van der Waals surface area contributed by atoms with Crippen LogP contribution in [0.4, 0.5) is 5.69 Å². The second-order valence-electron chi connectivity index (χ2n) is 13.7. The van der Waals surface area contributed by atoms with Gasteiger partial charge in [-0.1, -0.05) is 70.8 Å². The molecule has 0 aliphatic carbocycles. The Labute approximate surface area is 300 Å². The first-order valence-corrected chi connectivity index (χ1v) is 18.5. The molecule has 2 heterocycles. The molecule has 14 heteroatoms. The Morgan fingerprint density at radius 3 is 1.51 bits per heavy atom. The summed E-state index contributed by atoms with van der Waals surface area (Å²) in [5.41, 5.74) is 2.00. The second kappa shape index (κ2) is 22.9. The fourth-order valence-corrected chi connectivity index (χ4v) is 6.61. The molecular weight excluding hydrogens is 656 g/mol. The van der Waals surface area contributed by atoms with E-state index < -0.39 is 17.9 Å². The molecule has 1 aromatic carbocycles. The van der Waals surface area contributed by atoms with Crippen LogP contribution < -0.4 is 10.9 Å². The number of aliphatic carboxylic acids is 3. The molecule has 0 unspecified atom stereocenters. The van der Waals surface area contributed by atoms with Crippen molar-refractivity contribution in [2.24, 2.45) is 0 Å². The summed E-state index contributed by atoms with van der Waals surface area (Å²) in [6.07, 6.45) is 13.2. The molecule has 3 rings (SSSR count). The lowest BCUT2D eigenvalue weighted by atomic mass is 10.0. The minimum absolute atomic E-state index is 0.0136. The molecule has 1 aromatic heterocycles. The van der Waals surface area contributed by atoms with Crippen molar-refractivity contribution in [1.82, 2.24) is 24.6 Å². The Morgan fingerprint density at radius 1 is 0.627 bits per heavy atom. The highest BCUT2D eigenvalue weighted by Gasteiger charge is 2.21. The van der Waals surface area contributed by atoms with Crippen LogP contribution in [0.25, 0.3) is 10.9 Å². The number of fused-ring (bicyclic) bond motifs is 1. The van der Waals surface area contributed by atoms with Gasteiger partial charge in [-0.25, -0.2) is 0 Å². The van der Waals surface area contributed by atoms with Gasteiger partial charge < -0.3 is 25.6 Å². The summed E-state index contributed by atoms with van der Waals surface area (Å²) in [6, 6.07) is 7.17. The zero-order valence-corrected chi connectivity index (χ0v) is 30.2. The normalized spacial score (nSPS) is 16.0. The minimum atomic E-state index is -1.02. The quantitative estimate of drug-likeness (QED) is 0.126. The number of carboxylic acids is 3. The maximum Gasteiger partial charge on any atom is 0.317 e. The van der Waals surface area contributed by atoms with Gasteiger partial charge in [0, 0.05) is 69.5 Å². The van der Waals surface area contributed by atoms with Crippen LogP contribution in [0.3, 0.4) is 0 Å². The fraction of sp³-hybridized carbons (Fsp3) is 0.649. The Hall–Kier alpha value is -3.85. The van der Waals surface area contributed by atoms with E-state index in [0.717, 1.165) is 30.2 Å². The number of carbonyl (C=O) groups is 4. The number of hydrogen-bond donors (Lipinski definition) is 5. The van der Waals surface area contributed by atoms with E-state index in [9.17, 15) is 39.3 Å². The molecule has 1 aliphatic heterocycles. The lowest BCUT2D eigenvalue weighted by molar-refractivity contribution is -0.140. The van der Waals surface area contributed by atoms with E-state index in [4.69, 9.17) is 0 Å². The van der Waals surface area contributed by atoms with Crippen molar-refractivity contribution in [3.63, 3.8) is 0 Å². The smallest absolute Gasteiger partial charge is 0.317 e. The van der Waals surface area contributed by atoms with Crippen LogP contribution >= 0.6 is 0 Å². The van der Waals surface area contributed by atoms with E-state index in [2.05, 4.69) is 17.2 Å². The van der Waals surface area contributed by atoms with E-state index in [1.807, 2.05) is 17.0 Å². The average molecular weight is 715 g/mol. The Morgan fingerprint density at radius 2 is 1.06 bits per heavy atom. The number of rotatable bonds is 20. The lowest BCUT2D eigenvalue weighted by Gasteiger charge is -2.32. The van der Waals surface area contributed by atoms with Crippen molar-refractivity contribution in [3.8, 4) is 0 Å². The number of carboxylic acid groups (broad SMARTS) is 3. The topological polar surface area (TPSA) is 187 Å². The van der Waals surface area contributed by atoms with Crippen LogP contribution in [0, 0.1) is 0 Å². The number of benzene rings is 1. The number of carbonyl (C=O) groups excluding carboxylic acids is 1. The maximum atomic E-state index is 13.3. The number of nitrogens with zero attached hydrogens (tertiary/aromatic N) is 4. The molecule has 1 saturated heterocycles. The fourth-order valence-electron chi connectivity index (χ4n) is 6.61. The van der Waals surface area contributed by atoms with E-state index in [1.54, 1.807) is 26.8 Å². The van der Waals surface area contributed by atoms with Crippen LogP contribution in [0.1, 0.15) is 76.7 Å². The maximum absolute atomic E-state index is 13.3. The van der Waals surface area contributed by atoms with Crippen molar-refractivity contribution < 1.29 is 34.5 Å². The summed E-state index contributed by atoms with van der Waals surface area (Å²) in [7, 11) is 0. The first-order valence-electron chi connectivity index (χ1n) is 18.5. The minimum Gasteiger partial charge on any atom is -0.480 e. The highest BCUT2D eigenvalue weighted by molar-refractivity contribution is 5.95. The van der Waals surface area contributed by atoms with Crippen LogP contribution in [0.5, 0.6) is 0 Å². The number of aryl methyl sites for hydroxylation is 1. The zero-order valence-electron chi connectivity index (χ0n) is 30.2. The number of hydrogen-bond acceptors (Lipinski definition) is 9. The monoisotopic (exact) mass is 714 g/mol. The van der Waals surface area contributed by atoms with E-state index in [-0.39, 0.29) is 37.6 Å². The van der Waals surface area contributed by atoms with E-state index >= 15 is 0 Å². The van der Waals surface area contributed by atoms with E-state index in [0.29, 0.717) is 63.6 Å². The number of anilines is 1. The molecule has 1 aliphatic rings. The molecule has 14 nitrogen and oxygen atoms in total. The number of aromatic amines is 1. The average Bonchev–Trinajstić information content (AvgIpc) is 3.05. The Balaban J connectivity index is 1.62. The van der Waals surface area contributed by atoms with E-state index in [1.165, 1.54) is 51.4 Å². The predicted octanol–water partition coefficient (Wildman–Crippen LogP) is 3.41. The van der Waals surface area contributed by atoms with Gasteiger partial charge in [-0.3, -0.25) is 43.6 Å². The van der Waals surface area contributed by atoms with Crippen LogP contribution in [0.2, 0.25) is 0 Å². The summed E-state index contributed by atoms with van der Waals surface area (Å²) in [6.45, 7) is 4.03. The van der Waals surface area contributed by atoms with Gasteiger partial charge in [0.05, 0.1) is 31.7 Å². The summed E-state index contributed by atoms with van der Waals surface area (Å²) in [5.74, 6) is -3.33. The highest BCUT2D eigenvalue weighted by atomic mass is 16.4. The number of amides is 1. The number of pyridine rings is 1. The third-order valence-corrected chi connectivity index (χ3v) is 9.39. The molecule has 0 atom stereocenters. The molecule has 0 saturated carbocycles. The largest absolute Gasteiger partial charge is 0.480 e. The lowest BCUT2D eigenvalue weighted by Crippen LogP contribution is -2.49. The third-order valence-electron chi connectivity index (χ3n) is 9.39. The number of aromatic nitrogens is 1. The van der Waals surface area contributed by atoms with Gasteiger partial charge in [0.1, 0.15) is 0 Å². The van der Waals surface area contributed by atoms with Crippen LogP contribution in [-0.2, 0) is 25.6 Å². The molecule has 284 valence electrons. The van der Waals surface area contributed by atoms with Gasteiger partial charge in [-0.05, 0) is 30.5 Å². The molecule has 0 radical (unpaired) electrons. The summed E-state index contributed by atoms with van der Waals surface area (Å²) >= 11 is 0. The van der Waals surface area contributed by atoms with Gasteiger partial charge in [0.15, 0.2) is 0 Å². The molecule has 0 spiro atoms. The van der Waals surface area contributed by atoms with Crippen molar-refractivity contribution in [3.05, 3.63) is 40.2 Å². The molecule has 51 heavy (non-hydrogen) atoms. The first-order chi connectivity index (χ1) is 24.5. The molecule has 2 aromatic rings. The van der Waals surface area contributed by atoms with Gasteiger partial charge in [0.2, 0.25) is 11.5 Å². The molecule has 0 bridgehead atoms. The SMILES string of the molecule is CCCCCCCCCCCCc1cc(=O)[nH]c2cc(NC(=O)CN3CCN(CC(=O)O)CCN(CC(=O)O)CCN(CC(=O)O)CC3)ccc12. The number of unbranched alkanes of at least 4 members (excludes halogenated alkanes) is 9. The van der Waals surface area contributed by atoms with Gasteiger partial charge in [-0.2, -0.15) is 0 Å². The number of H-pyrrole nitrogens is 1. The summed E-state index contributed by atoms with van der Waals surface area (Å²) in [4.78, 5) is 70.3. The summed E-state index contributed by atoms with van der Waals surface area (Å²) in [5, 5.41) is 32.2. The first kappa shape index (κ1) is 41.6. The third kappa shape index (κ3) is 16.8. The molecule has 5 N–H and O–H groups in total. The van der Waals surface area contributed by atoms with Crippen molar-refractivity contribution in [2.75, 3.05) is 83.9 Å². The molecule has 1 amide bonds. The summed E-state index contributed by atoms with van der Waals surface area (Å²) < 4.78 is 0. The van der Waals surface area contributed by atoms with Gasteiger partial charge in [0.25, 0.3) is 0 Å². The Kier molecular flexibility index (Phi) is 18.6. The second-order valence-corrected chi connectivity index (χ2v) is 13.7. The van der Waals surface area contributed by atoms with Crippen molar-refractivity contribution >= 4 is 40.4 Å². The van der Waals surface area contributed by atoms with Crippen molar-refractivity contribution in [2.45, 2.75) is 77.6 Å². The van der Waals surface area contributed by atoms with Crippen LogP contribution in [-0.4, -0.2) is 142 Å².